The molecule has 0 amide bonds. The molecule has 8 rings (SSSR count). The Kier molecular flexibility index (Phi) is 9.26. The third-order valence-electron chi connectivity index (χ3n) is 11.1. The van der Waals surface area contributed by atoms with Gasteiger partial charge in [0.1, 0.15) is 23.3 Å². The molecule has 2 aliphatic rings. The van der Waals surface area contributed by atoms with E-state index in [0.29, 0.717) is 0 Å². The van der Waals surface area contributed by atoms with E-state index in [1.165, 1.54) is 11.1 Å². The topological polar surface area (TPSA) is 64.5 Å². The average Bonchev–Trinajstić information content (AvgIpc) is 3.63. The third kappa shape index (κ3) is 6.78. The summed E-state index contributed by atoms with van der Waals surface area (Å²) in [6.07, 6.45) is 0. The van der Waals surface area contributed by atoms with Crippen molar-refractivity contribution in [3.63, 3.8) is 0 Å². The predicted molar refractivity (Wildman–Crippen MR) is 241 cm³/mol. The number of hydrogen-bond acceptors (Lipinski definition) is 8. The molecule has 0 bridgehead atoms. The van der Waals surface area contributed by atoms with Crippen LogP contribution in [-0.4, -0.2) is 19.9 Å². The van der Waals surface area contributed by atoms with E-state index in [2.05, 4.69) is 201 Å². The zero-order chi connectivity index (χ0) is 41.6. The van der Waals surface area contributed by atoms with Gasteiger partial charge >= 0.3 is 0 Å². The highest BCUT2D eigenvalue weighted by molar-refractivity contribution is 5.99. The van der Waals surface area contributed by atoms with Crippen LogP contribution in [0, 0.1) is 55.4 Å². The quantitative estimate of drug-likeness (QED) is 0.176. The zero-order valence-corrected chi connectivity index (χ0v) is 36.7. The number of hydrogen-bond donors (Lipinski definition) is 0. The lowest BCUT2D eigenvalue weighted by Crippen LogP contribution is -2.35. The summed E-state index contributed by atoms with van der Waals surface area (Å²) in [6, 6.07) is 31.0. The maximum Gasteiger partial charge on any atom is 0.168 e. The Morgan fingerprint density at radius 3 is 1.14 bits per heavy atom. The van der Waals surface area contributed by atoms with Crippen molar-refractivity contribution >= 4 is 46.0 Å². The van der Waals surface area contributed by atoms with Gasteiger partial charge in [0, 0.05) is 22.8 Å². The van der Waals surface area contributed by atoms with Gasteiger partial charge in [-0.2, -0.15) is 0 Å². The molecule has 0 atom stereocenters. The normalized spacial score (nSPS) is 15.4. The molecule has 58 heavy (non-hydrogen) atoms. The second-order valence-corrected chi connectivity index (χ2v) is 18.4. The van der Waals surface area contributed by atoms with Crippen molar-refractivity contribution in [1.29, 1.82) is 0 Å². The molecular weight excluding hydrogens is 713 g/mol. The molecule has 2 aromatic carbocycles. The molecule has 296 valence electrons. The fourth-order valence-electron chi connectivity index (χ4n) is 8.33. The number of aromatic nitrogens is 4. The summed E-state index contributed by atoms with van der Waals surface area (Å²) in [5, 5.41) is 0. The minimum Gasteiger partial charge on any atom is -0.275 e. The van der Waals surface area contributed by atoms with Gasteiger partial charge in [0.2, 0.25) is 0 Å². The molecule has 8 nitrogen and oxygen atoms in total. The summed E-state index contributed by atoms with van der Waals surface area (Å²) in [5.74, 6) is 5.10. The van der Waals surface area contributed by atoms with Crippen molar-refractivity contribution in [2.24, 2.45) is 0 Å². The summed E-state index contributed by atoms with van der Waals surface area (Å²) in [5.41, 5.74) is 14.6. The van der Waals surface area contributed by atoms with Gasteiger partial charge in [-0.05, 0) is 166 Å². The van der Waals surface area contributed by atoms with E-state index >= 15 is 0 Å². The molecule has 0 spiro atoms. The predicted octanol–water partition coefficient (Wildman–Crippen LogP) is 12.7. The highest BCUT2D eigenvalue weighted by atomic mass is 15.5. The second-order valence-electron chi connectivity index (χ2n) is 18.4. The molecule has 6 aromatic rings. The van der Waals surface area contributed by atoms with Crippen molar-refractivity contribution in [2.75, 3.05) is 19.6 Å². The van der Waals surface area contributed by atoms with Gasteiger partial charge in [-0.25, -0.2) is 19.9 Å². The van der Waals surface area contributed by atoms with Crippen LogP contribution >= 0.6 is 0 Å². The fourth-order valence-corrected chi connectivity index (χ4v) is 8.33. The molecular formula is C50H56N8. The van der Waals surface area contributed by atoms with Crippen molar-refractivity contribution in [1.82, 2.24) is 19.9 Å². The van der Waals surface area contributed by atoms with Gasteiger partial charge in [0.15, 0.2) is 11.6 Å². The number of anilines is 8. The standard InChI is InChI=1S/C50H56N8/c1-29-21-34(6)51-43(24-29)55-39-19-17-37(49(9,10)11)27-41(39)57(45-26-31(3)23-36(8)53-45)47(55)48-56(44-25-30(2)22-35(7)52-44)40-20-18-38(50(12,13)14)28-42(40)58(48)46-32(4)15-16-33(5)54-46/h15-28H,1-14H3/b48-47+. The minimum absolute atomic E-state index is 0.105. The number of benzene rings is 2. The van der Waals surface area contributed by atoms with Crippen molar-refractivity contribution in [3.05, 3.63) is 153 Å². The van der Waals surface area contributed by atoms with Gasteiger partial charge < -0.3 is 0 Å². The summed E-state index contributed by atoms with van der Waals surface area (Å²) in [4.78, 5) is 30.7. The van der Waals surface area contributed by atoms with Crippen molar-refractivity contribution in [2.45, 2.75) is 108 Å². The Bertz CT molecular complexity index is 2600. The summed E-state index contributed by atoms with van der Waals surface area (Å²) in [6.45, 7) is 30.5. The Morgan fingerprint density at radius 2 is 0.741 bits per heavy atom. The van der Waals surface area contributed by atoms with Gasteiger partial charge in [0.25, 0.3) is 0 Å². The lowest BCUT2D eigenvalue weighted by atomic mass is 9.86. The number of rotatable bonds is 4. The second kappa shape index (κ2) is 13.8. The van der Waals surface area contributed by atoms with Gasteiger partial charge in [-0.15, -0.1) is 0 Å². The van der Waals surface area contributed by atoms with Crippen LogP contribution in [-0.2, 0) is 10.8 Å². The summed E-state index contributed by atoms with van der Waals surface area (Å²) in [7, 11) is 0. The van der Waals surface area contributed by atoms with Crippen LogP contribution in [0.15, 0.2) is 96.6 Å². The van der Waals surface area contributed by atoms with Crippen molar-refractivity contribution < 1.29 is 0 Å². The Balaban J connectivity index is 1.62. The first kappa shape index (κ1) is 38.8. The largest absolute Gasteiger partial charge is 0.275 e. The van der Waals surface area contributed by atoms with E-state index in [9.17, 15) is 0 Å². The molecule has 0 saturated heterocycles. The molecule has 6 heterocycles. The van der Waals surface area contributed by atoms with Gasteiger partial charge in [-0.3, -0.25) is 19.6 Å². The van der Waals surface area contributed by atoms with E-state index in [4.69, 9.17) is 19.9 Å². The maximum atomic E-state index is 5.35. The number of aryl methyl sites for hydroxylation is 8. The van der Waals surface area contributed by atoms with Crippen LogP contribution in [0.1, 0.15) is 97.7 Å². The van der Waals surface area contributed by atoms with Gasteiger partial charge in [0.05, 0.1) is 22.7 Å². The Morgan fingerprint density at radius 1 is 0.362 bits per heavy atom. The van der Waals surface area contributed by atoms with Crippen LogP contribution in [0.3, 0.4) is 0 Å². The van der Waals surface area contributed by atoms with Gasteiger partial charge in [-0.1, -0.05) is 59.7 Å². The van der Waals surface area contributed by atoms with E-state index in [1.54, 1.807) is 0 Å². The molecule has 8 heteroatoms. The highest BCUT2D eigenvalue weighted by Gasteiger charge is 2.47. The highest BCUT2D eigenvalue weighted by Crippen LogP contribution is 2.57. The summed E-state index contributed by atoms with van der Waals surface area (Å²) < 4.78 is 0. The van der Waals surface area contributed by atoms with E-state index < -0.39 is 0 Å². The van der Waals surface area contributed by atoms with E-state index in [-0.39, 0.29) is 10.8 Å². The molecule has 0 radical (unpaired) electrons. The SMILES string of the molecule is Cc1cc(C)nc(N2/C(=C3/N(c4cc(C)cc(C)n4)c4ccc(C(C)(C)C)cc4N3c3nc(C)ccc3C)N(c3cc(C)cc(C)n3)c3cc(C(C)(C)C)ccc32)c1. The number of pyridine rings is 4. The number of fused-ring (bicyclic) bond motifs is 2. The lowest BCUT2D eigenvalue weighted by molar-refractivity contribution is 0.590. The number of nitrogens with zero attached hydrogens (tertiary/aromatic N) is 8. The molecule has 0 unspecified atom stereocenters. The molecule has 4 aromatic heterocycles. The molecule has 0 saturated carbocycles. The van der Waals surface area contributed by atoms with E-state index in [0.717, 1.165) is 103 Å². The van der Waals surface area contributed by atoms with Crippen LogP contribution in [0.4, 0.5) is 46.0 Å². The monoisotopic (exact) mass is 768 g/mol. The third-order valence-corrected chi connectivity index (χ3v) is 11.1. The van der Waals surface area contributed by atoms with Crippen LogP contribution in [0.2, 0.25) is 0 Å². The Labute approximate surface area is 345 Å². The summed E-state index contributed by atoms with van der Waals surface area (Å²) >= 11 is 0. The molecule has 0 N–H and O–H groups in total. The molecule has 2 aliphatic heterocycles. The minimum atomic E-state index is -0.105. The average molecular weight is 769 g/mol. The maximum absolute atomic E-state index is 5.35. The van der Waals surface area contributed by atoms with Crippen molar-refractivity contribution in [3.8, 4) is 0 Å². The smallest absolute Gasteiger partial charge is 0.168 e. The van der Waals surface area contributed by atoms with Crippen LogP contribution in [0.5, 0.6) is 0 Å². The molecule has 0 aliphatic carbocycles. The first-order chi connectivity index (χ1) is 27.3. The first-order valence-corrected chi connectivity index (χ1v) is 20.3. The fraction of sp³-hybridized carbons (Fsp3) is 0.320. The van der Waals surface area contributed by atoms with Crippen LogP contribution in [0.25, 0.3) is 0 Å². The lowest BCUT2D eigenvalue weighted by Gasteiger charge is -2.33. The Hall–Kier alpha value is -6.02. The molecule has 0 fully saturated rings. The van der Waals surface area contributed by atoms with E-state index in [1.807, 2.05) is 0 Å². The first-order valence-electron chi connectivity index (χ1n) is 20.3. The van der Waals surface area contributed by atoms with Crippen LogP contribution < -0.4 is 19.6 Å². The zero-order valence-electron chi connectivity index (χ0n) is 36.7.